The Bertz CT molecular complexity index is 952. The first-order chi connectivity index (χ1) is 10.3. The summed E-state index contributed by atoms with van der Waals surface area (Å²) in [5, 5.41) is 0. The van der Waals surface area contributed by atoms with Gasteiger partial charge in [-0.05, 0) is 36.8 Å². The van der Waals surface area contributed by atoms with Gasteiger partial charge < -0.3 is 4.74 Å². The molecule has 0 atom stereocenters. The number of aryl methyl sites for hydroxylation is 1. The van der Waals surface area contributed by atoms with Gasteiger partial charge in [0.05, 0.1) is 23.0 Å². The molecule has 0 spiro atoms. The SMILES string of the molecule is COc1ccccc1-c1cn2c(n1)sc1cc(C)ccc12. The number of ether oxygens (including phenoxy) is 1. The van der Waals surface area contributed by atoms with Crippen LogP contribution in [0.25, 0.3) is 26.4 Å². The topological polar surface area (TPSA) is 26.5 Å². The van der Waals surface area contributed by atoms with Gasteiger partial charge in [-0.2, -0.15) is 0 Å². The average Bonchev–Trinajstić information content (AvgIpc) is 3.04. The van der Waals surface area contributed by atoms with Crippen LogP contribution < -0.4 is 4.74 Å². The Morgan fingerprint density at radius 2 is 2.00 bits per heavy atom. The van der Waals surface area contributed by atoms with Gasteiger partial charge in [0.2, 0.25) is 0 Å². The lowest BCUT2D eigenvalue weighted by Crippen LogP contribution is -1.87. The number of imidazole rings is 1. The lowest BCUT2D eigenvalue weighted by Gasteiger charge is -2.04. The lowest BCUT2D eigenvalue weighted by atomic mass is 10.1. The molecule has 4 heteroatoms. The van der Waals surface area contributed by atoms with Crippen molar-refractivity contribution < 1.29 is 4.74 Å². The minimum Gasteiger partial charge on any atom is -0.496 e. The van der Waals surface area contributed by atoms with Crippen LogP contribution in [0.2, 0.25) is 0 Å². The van der Waals surface area contributed by atoms with E-state index in [0.29, 0.717) is 0 Å². The van der Waals surface area contributed by atoms with Crippen LogP contribution in [-0.4, -0.2) is 16.5 Å². The number of rotatable bonds is 2. The molecule has 0 aliphatic heterocycles. The van der Waals surface area contributed by atoms with Gasteiger partial charge in [0.1, 0.15) is 5.75 Å². The molecule has 0 N–H and O–H groups in total. The number of thiazole rings is 1. The smallest absolute Gasteiger partial charge is 0.195 e. The predicted octanol–water partition coefficient (Wildman–Crippen LogP) is 4.53. The summed E-state index contributed by atoms with van der Waals surface area (Å²) >= 11 is 1.72. The van der Waals surface area contributed by atoms with E-state index in [2.05, 4.69) is 35.7 Å². The standard InChI is InChI=1S/C17H14N2OS/c1-11-7-8-14-16(9-11)21-17-18-13(10-19(14)17)12-5-3-4-6-15(12)20-2/h3-10H,1-2H3. The summed E-state index contributed by atoms with van der Waals surface area (Å²) in [4.78, 5) is 5.77. The molecule has 21 heavy (non-hydrogen) atoms. The lowest BCUT2D eigenvalue weighted by molar-refractivity contribution is 0.416. The van der Waals surface area contributed by atoms with Crippen LogP contribution in [0.3, 0.4) is 0 Å². The van der Waals surface area contributed by atoms with Crippen LogP contribution in [0.5, 0.6) is 5.75 Å². The summed E-state index contributed by atoms with van der Waals surface area (Å²) in [5.74, 6) is 0.850. The number of nitrogens with zero attached hydrogens (tertiary/aromatic N) is 2. The number of para-hydroxylation sites is 1. The summed E-state index contributed by atoms with van der Waals surface area (Å²) in [6.45, 7) is 2.11. The molecule has 0 aliphatic rings. The highest BCUT2D eigenvalue weighted by molar-refractivity contribution is 7.23. The normalized spacial score (nSPS) is 11.3. The highest BCUT2D eigenvalue weighted by atomic mass is 32.1. The van der Waals surface area contributed by atoms with Crippen molar-refractivity contribution in [3.63, 3.8) is 0 Å². The van der Waals surface area contributed by atoms with E-state index < -0.39 is 0 Å². The largest absolute Gasteiger partial charge is 0.496 e. The monoisotopic (exact) mass is 294 g/mol. The molecule has 2 aromatic heterocycles. The van der Waals surface area contributed by atoms with E-state index in [1.807, 2.05) is 24.3 Å². The Hall–Kier alpha value is -2.33. The van der Waals surface area contributed by atoms with E-state index in [0.717, 1.165) is 22.0 Å². The Morgan fingerprint density at radius 3 is 2.86 bits per heavy atom. The van der Waals surface area contributed by atoms with Gasteiger partial charge in [-0.15, -0.1) is 0 Å². The minimum atomic E-state index is 0.850. The molecule has 4 aromatic rings. The molecule has 104 valence electrons. The molecule has 0 saturated carbocycles. The summed E-state index contributed by atoms with van der Waals surface area (Å²) in [5.41, 5.74) is 4.45. The van der Waals surface area contributed by atoms with E-state index in [4.69, 9.17) is 9.72 Å². The minimum absolute atomic E-state index is 0.850. The summed E-state index contributed by atoms with van der Waals surface area (Å²) in [7, 11) is 1.69. The second-order valence-electron chi connectivity index (χ2n) is 5.05. The van der Waals surface area contributed by atoms with E-state index in [1.165, 1.54) is 15.8 Å². The number of methoxy groups -OCH3 is 1. The quantitative estimate of drug-likeness (QED) is 0.543. The third-order valence-corrected chi connectivity index (χ3v) is 4.65. The maximum absolute atomic E-state index is 5.43. The molecule has 0 aliphatic carbocycles. The fourth-order valence-corrected chi connectivity index (χ4v) is 3.70. The molecule has 4 rings (SSSR count). The van der Waals surface area contributed by atoms with E-state index in [1.54, 1.807) is 18.4 Å². The van der Waals surface area contributed by atoms with Crippen LogP contribution in [0.4, 0.5) is 0 Å². The van der Waals surface area contributed by atoms with Crippen molar-refractivity contribution in [1.82, 2.24) is 9.38 Å². The molecule has 2 heterocycles. The van der Waals surface area contributed by atoms with Crippen LogP contribution in [-0.2, 0) is 0 Å². The van der Waals surface area contributed by atoms with Gasteiger partial charge in [-0.1, -0.05) is 29.5 Å². The number of hydrogen-bond acceptors (Lipinski definition) is 3. The van der Waals surface area contributed by atoms with E-state index in [-0.39, 0.29) is 0 Å². The zero-order chi connectivity index (χ0) is 14.4. The molecule has 3 nitrogen and oxygen atoms in total. The fourth-order valence-electron chi connectivity index (χ4n) is 2.59. The maximum Gasteiger partial charge on any atom is 0.195 e. The third kappa shape index (κ3) is 1.91. The van der Waals surface area contributed by atoms with Crippen molar-refractivity contribution in [2.45, 2.75) is 6.92 Å². The average molecular weight is 294 g/mol. The second kappa shape index (κ2) is 4.60. The Balaban J connectivity index is 1.95. The van der Waals surface area contributed by atoms with E-state index in [9.17, 15) is 0 Å². The Morgan fingerprint density at radius 1 is 1.14 bits per heavy atom. The molecular weight excluding hydrogens is 280 g/mol. The van der Waals surface area contributed by atoms with Gasteiger partial charge in [0, 0.05) is 11.8 Å². The number of hydrogen-bond donors (Lipinski definition) is 0. The highest BCUT2D eigenvalue weighted by Crippen LogP contribution is 2.33. The zero-order valence-electron chi connectivity index (χ0n) is 11.8. The highest BCUT2D eigenvalue weighted by Gasteiger charge is 2.12. The van der Waals surface area contributed by atoms with Crippen LogP contribution in [0, 0.1) is 6.92 Å². The van der Waals surface area contributed by atoms with Gasteiger partial charge in [-0.3, -0.25) is 4.40 Å². The number of benzene rings is 2. The van der Waals surface area contributed by atoms with Crippen molar-refractivity contribution in [2.24, 2.45) is 0 Å². The maximum atomic E-state index is 5.43. The predicted molar refractivity (Wildman–Crippen MR) is 87.3 cm³/mol. The van der Waals surface area contributed by atoms with Crippen molar-refractivity contribution in [3.05, 3.63) is 54.2 Å². The molecular formula is C17H14N2OS. The van der Waals surface area contributed by atoms with Gasteiger partial charge in [-0.25, -0.2) is 4.98 Å². The Labute approximate surface area is 126 Å². The molecule has 0 saturated heterocycles. The van der Waals surface area contributed by atoms with Crippen LogP contribution in [0.15, 0.2) is 48.7 Å². The van der Waals surface area contributed by atoms with Crippen molar-refractivity contribution in [2.75, 3.05) is 7.11 Å². The number of fused-ring (bicyclic) bond motifs is 3. The first-order valence-electron chi connectivity index (χ1n) is 6.78. The van der Waals surface area contributed by atoms with Gasteiger partial charge in [0.15, 0.2) is 4.96 Å². The molecule has 0 bridgehead atoms. The fraction of sp³-hybridized carbons (Fsp3) is 0.118. The van der Waals surface area contributed by atoms with Crippen molar-refractivity contribution in [3.8, 4) is 17.0 Å². The molecule has 0 amide bonds. The van der Waals surface area contributed by atoms with Gasteiger partial charge in [0.25, 0.3) is 0 Å². The van der Waals surface area contributed by atoms with Crippen LogP contribution in [0.1, 0.15) is 5.56 Å². The molecule has 0 fully saturated rings. The molecule has 2 aromatic carbocycles. The number of aromatic nitrogens is 2. The summed E-state index contributed by atoms with van der Waals surface area (Å²) < 4.78 is 8.85. The second-order valence-corrected chi connectivity index (χ2v) is 6.06. The Kier molecular flexibility index (Phi) is 2.72. The first kappa shape index (κ1) is 12.4. The first-order valence-corrected chi connectivity index (χ1v) is 7.59. The van der Waals surface area contributed by atoms with Crippen LogP contribution >= 0.6 is 11.3 Å². The van der Waals surface area contributed by atoms with E-state index >= 15 is 0 Å². The molecule has 0 radical (unpaired) electrons. The zero-order valence-corrected chi connectivity index (χ0v) is 12.6. The summed E-state index contributed by atoms with van der Waals surface area (Å²) in [6.07, 6.45) is 2.08. The van der Waals surface area contributed by atoms with Gasteiger partial charge >= 0.3 is 0 Å². The van der Waals surface area contributed by atoms with Crippen molar-refractivity contribution >= 4 is 26.5 Å². The third-order valence-electron chi connectivity index (χ3n) is 3.63. The van der Waals surface area contributed by atoms with Crippen molar-refractivity contribution in [1.29, 1.82) is 0 Å². The molecule has 0 unspecified atom stereocenters. The summed E-state index contributed by atoms with van der Waals surface area (Å²) in [6, 6.07) is 14.5.